The van der Waals surface area contributed by atoms with E-state index in [1.165, 1.54) is 0 Å². The molecule has 156 valence electrons. The molecule has 32 heavy (non-hydrogen) atoms. The maximum Gasteiger partial charge on any atom is 0.255 e. The fourth-order valence-electron chi connectivity index (χ4n) is 4.48. The molecular formula is C26H21N5O. The van der Waals surface area contributed by atoms with E-state index in [9.17, 15) is 10.1 Å². The molecule has 6 nitrogen and oxygen atoms in total. The highest BCUT2D eigenvalue weighted by molar-refractivity contribution is 5.99. The van der Waals surface area contributed by atoms with Crippen LogP contribution in [0, 0.1) is 18.3 Å². The third-order valence-electron chi connectivity index (χ3n) is 6.08. The van der Waals surface area contributed by atoms with Crippen LogP contribution in [0.4, 0.5) is 0 Å². The zero-order valence-corrected chi connectivity index (χ0v) is 17.8. The quantitative estimate of drug-likeness (QED) is 0.453. The molecule has 0 aliphatic heterocycles. The van der Waals surface area contributed by atoms with Gasteiger partial charge >= 0.3 is 0 Å². The maximum atomic E-state index is 12.3. The number of hydrogen-bond donors (Lipinski definition) is 2. The van der Waals surface area contributed by atoms with Crippen LogP contribution in [0.3, 0.4) is 0 Å². The maximum absolute atomic E-state index is 12.3. The number of nitrogens with one attached hydrogen (secondary N) is 1. The Kier molecular flexibility index (Phi) is 4.62. The van der Waals surface area contributed by atoms with Crippen molar-refractivity contribution in [2.45, 2.75) is 13.5 Å². The van der Waals surface area contributed by atoms with Gasteiger partial charge in [0, 0.05) is 41.7 Å². The lowest BCUT2D eigenvalue weighted by atomic mass is 9.91. The minimum Gasteiger partial charge on any atom is -0.328 e. The van der Waals surface area contributed by atoms with Crippen molar-refractivity contribution in [2.24, 2.45) is 12.8 Å². The Morgan fingerprint density at radius 3 is 2.59 bits per heavy atom. The number of pyridine rings is 1. The SMILES string of the molecule is Cc1cc(-c2c(-c3ccc4c(=O)[nH]cc(CN)c4c3)cnn2C)c(C#N)c2ccccc12. The van der Waals surface area contributed by atoms with Crippen molar-refractivity contribution in [3.63, 3.8) is 0 Å². The molecule has 0 saturated carbocycles. The highest BCUT2D eigenvalue weighted by atomic mass is 16.1. The van der Waals surface area contributed by atoms with Crippen molar-refractivity contribution in [3.05, 3.63) is 88.0 Å². The van der Waals surface area contributed by atoms with Crippen molar-refractivity contribution in [2.75, 3.05) is 0 Å². The van der Waals surface area contributed by atoms with E-state index in [-0.39, 0.29) is 5.56 Å². The third-order valence-corrected chi connectivity index (χ3v) is 6.08. The molecule has 0 saturated heterocycles. The number of aromatic amines is 1. The molecule has 5 aromatic rings. The lowest BCUT2D eigenvalue weighted by Gasteiger charge is -2.14. The van der Waals surface area contributed by atoms with Crippen LogP contribution in [-0.4, -0.2) is 14.8 Å². The van der Waals surface area contributed by atoms with Crippen molar-refractivity contribution < 1.29 is 0 Å². The molecule has 0 radical (unpaired) electrons. The molecule has 0 aliphatic rings. The number of hydrogen-bond acceptors (Lipinski definition) is 4. The van der Waals surface area contributed by atoms with Gasteiger partial charge in [-0.05, 0) is 52.6 Å². The first-order valence-corrected chi connectivity index (χ1v) is 10.3. The number of nitrogens with zero attached hydrogens (tertiary/aromatic N) is 3. The van der Waals surface area contributed by atoms with Crippen LogP contribution in [0.15, 0.2) is 65.7 Å². The molecule has 2 aromatic heterocycles. The van der Waals surface area contributed by atoms with E-state index in [0.717, 1.165) is 49.7 Å². The Bertz CT molecular complexity index is 1620. The molecule has 2 heterocycles. The second-order valence-electron chi connectivity index (χ2n) is 7.91. The van der Waals surface area contributed by atoms with Crippen molar-refractivity contribution in [1.82, 2.24) is 14.8 Å². The van der Waals surface area contributed by atoms with Gasteiger partial charge in [-0.1, -0.05) is 30.3 Å². The number of aromatic nitrogens is 3. The van der Waals surface area contributed by atoms with Crippen molar-refractivity contribution in [3.8, 4) is 28.5 Å². The number of rotatable bonds is 3. The van der Waals surface area contributed by atoms with E-state index in [0.29, 0.717) is 17.5 Å². The Morgan fingerprint density at radius 1 is 1.06 bits per heavy atom. The van der Waals surface area contributed by atoms with E-state index < -0.39 is 0 Å². The van der Waals surface area contributed by atoms with Crippen LogP contribution in [0.1, 0.15) is 16.7 Å². The van der Waals surface area contributed by atoms with Gasteiger partial charge in [0.05, 0.1) is 17.5 Å². The molecule has 3 N–H and O–H groups in total. The summed E-state index contributed by atoms with van der Waals surface area (Å²) in [4.78, 5) is 15.0. The number of nitriles is 1. The topological polar surface area (TPSA) is 100 Å². The highest BCUT2D eigenvalue weighted by Gasteiger charge is 2.19. The minimum absolute atomic E-state index is 0.146. The number of fused-ring (bicyclic) bond motifs is 2. The summed E-state index contributed by atoms with van der Waals surface area (Å²) in [5, 5.41) is 18.0. The third kappa shape index (κ3) is 2.91. The van der Waals surface area contributed by atoms with Gasteiger partial charge in [-0.25, -0.2) is 0 Å². The lowest BCUT2D eigenvalue weighted by Crippen LogP contribution is -2.09. The van der Waals surface area contributed by atoms with Crippen LogP contribution in [0.5, 0.6) is 0 Å². The molecule has 0 fully saturated rings. The van der Waals surface area contributed by atoms with Crippen LogP contribution < -0.4 is 11.3 Å². The van der Waals surface area contributed by atoms with E-state index in [4.69, 9.17) is 5.73 Å². The van der Waals surface area contributed by atoms with Crippen LogP contribution in [0.2, 0.25) is 0 Å². The first-order chi connectivity index (χ1) is 15.5. The van der Waals surface area contributed by atoms with Gasteiger partial charge in [-0.15, -0.1) is 0 Å². The van der Waals surface area contributed by atoms with Gasteiger partial charge in [0.2, 0.25) is 0 Å². The number of aryl methyl sites for hydroxylation is 2. The lowest BCUT2D eigenvalue weighted by molar-refractivity contribution is 0.776. The summed E-state index contributed by atoms with van der Waals surface area (Å²) in [5.41, 5.74) is 11.8. The Morgan fingerprint density at radius 2 is 1.84 bits per heavy atom. The smallest absolute Gasteiger partial charge is 0.255 e. The summed E-state index contributed by atoms with van der Waals surface area (Å²) in [5.74, 6) is 0. The van der Waals surface area contributed by atoms with Crippen LogP contribution in [-0.2, 0) is 13.6 Å². The molecule has 5 rings (SSSR count). The second kappa shape index (κ2) is 7.49. The summed E-state index contributed by atoms with van der Waals surface area (Å²) in [7, 11) is 1.88. The molecule has 0 spiro atoms. The molecule has 0 bridgehead atoms. The van der Waals surface area contributed by atoms with E-state index in [2.05, 4.69) is 29.1 Å². The van der Waals surface area contributed by atoms with Gasteiger partial charge in [-0.3, -0.25) is 9.48 Å². The standard InChI is InChI=1S/C26H21N5O/c1-15-9-22(23(12-28)19-6-4-3-5-18(15)19)25-24(14-30-31(25)2)16-7-8-20-21(10-16)17(11-27)13-29-26(20)32/h3-10,13-14H,11,27H2,1-2H3,(H,29,32). The number of benzene rings is 3. The molecule has 0 amide bonds. The predicted molar refractivity (Wildman–Crippen MR) is 127 cm³/mol. The Labute approximate surface area is 184 Å². The average Bonchev–Trinajstić information content (AvgIpc) is 3.20. The van der Waals surface area contributed by atoms with Gasteiger partial charge in [0.1, 0.15) is 6.07 Å². The summed E-state index contributed by atoms with van der Waals surface area (Å²) >= 11 is 0. The zero-order valence-electron chi connectivity index (χ0n) is 17.8. The summed E-state index contributed by atoms with van der Waals surface area (Å²) in [6, 6.07) is 18.1. The molecular weight excluding hydrogens is 398 g/mol. The van der Waals surface area contributed by atoms with Crippen molar-refractivity contribution >= 4 is 21.5 Å². The average molecular weight is 419 g/mol. The largest absolute Gasteiger partial charge is 0.328 e. The summed E-state index contributed by atoms with van der Waals surface area (Å²) < 4.78 is 1.80. The fourth-order valence-corrected chi connectivity index (χ4v) is 4.48. The first-order valence-electron chi connectivity index (χ1n) is 10.3. The first kappa shape index (κ1) is 19.7. The molecule has 0 aliphatic carbocycles. The molecule has 0 unspecified atom stereocenters. The van der Waals surface area contributed by atoms with Gasteiger partial charge in [-0.2, -0.15) is 10.4 Å². The summed E-state index contributed by atoms with van der Waals surface area (Å²) in [6.07, 6.45) is 3.47. The highest BCUT2D eigenvalue weighted by Crippen LogP contribution is 2.38. The minimum atomic E-state index is -0.146. The van der Waals surface area contributed by atoms with E-state index in [1.807, 2.05) is 49.5 Å². The number of nitrogens with two attached hydrogens (primary N) is 1. The predicted octanol–water partition coefficient (Wildman–Crippen LogP) is 4.39. The van der Waals surface area contributed by atoms with Crippen molar-refractivity contribution in [1.29, 1.82) is 5.26 Å². The summed E-state index contributed by atoms with van der Waals surface area (Å²) in [6.45, 7) is 2.37. The van der Waals surface area contributed by atoms with Gasteiger partial charge in [0.25, 0.3) is 5.56 Å². The number of H-pyrrole nitrogens is 1. The fraction of sp³-hybridized carbons (Fsp3) is 0.115. The van der Waals surface area contributed by atoms with Crippen LogP contribution >= 0.6 is 0 Å². The normalized spacial score (nSPS) is 11.2. The van der Waals surface area contributed by atoms with Crippen LogP contribution in [0.25, 0.3) is 43.9 Å². The Balaban J connectivity index is 1.81. The molecule has 0 atom stereocenters. The second-order valence-corrected chi connectivity index (χ2v) is 7.91. The Hall–Kier alpha value is -4.21. The zero-order chi connectivity index (χ0) is 22.4. The van der Waals surface area contributed by atoms with E-state index >= 15 is 0 Å². The van der Waals surface area contributed by atoms with Gasteiger partial charge in [0.15, 0.2) is 0 Å². The van der Waals surface area contributed by atoms with E-state index in [1.54, 1.807) is 17.1 Å². The molecule has 6 heteroatoms. The van der Waals surface area contributed by atoms with Gasteiger partial charge < -0.3 is 10.7 Å². The monoisotopic (exact) mass is 419 g/mol. The molecule has 3 aromatic carbocycles.